The summed E-state index contributed by atoms with van der Waals surface area (Å²) >= 11 is 3.49. The van der Waals surface area contributed by atoms with Crippen molar-refractivity contribution in [2.45, 2.75) is 31.9 Å². The van der Waals surface area contributed by atoms with Gasteiger partial charge in [-0.05, 0) is 37.1 Å². The number of methoxy groups -OCH3 is 1. The number of hydrazine groups is 1. The number of halogens is 1. The Hall–Kier alpha value is -1.49. The summed E-state index contributed by atoms with van der Waals surface area (Å²) in [6, 6.07) is 6.08. The third-order valence-corrected chi connectivity index (χ3v) is 5.80. The van der Waals surface area contributed by atoms with Gasteiger partial charge in [-0.15, -0.1) is 0 Å². The van der Waals surface area contributed by atoms with Gasteiger partial charge in [-0.1, -0.05) is 15.9 Å². The zero-order valence-electron chi connectivity index (χ0n) is 16.1. The molecule has 0 aromatic heterocycles. The first-order valence-electron chi connectivity index (χ1n) is 9.50. The van der Waals surface area contributed by atoms with E-state index in [1.807, 2.05) is 30.3 Å². The Morgan fingerprint density at radius 2 is 2.21 bits per heavy atom. The van der Waals surface area contributed by atoms with Crippen LogP contribution in [0.2, 0.25) is 0 Å². The Labute approximate surface area is 173 Å². The van der Waals surface area contributed by atoms with E-state index in [-0.39, 0.29) is 24.5 Å². The highest BCUT2D eigenvalue weighted by atomic mass is 79.9. The number of anilines is 1. The van der Waals surface area contributed by atoms with Gasteiger partial charge in [-0.3, -0.25) is 20.0 Å². The molecular weight excluding hydrogens is 426 g/mol. The number of nitrogens with zero attached hydrogens (tertiary/aromatic N) is 2. The summed E-state index contributed by atoms with van der Waals surface area (Å²) in [5.41, 5.74) is 6.20. The third kappa shape index (κ3) is 4.10. The second-order valence-corrected chi connectivity index (χ2v) is 8.18. The van der Waals surface area contributed by atoms with E-state index >= 15 is 0 Å². The van der Waals surface area contributed by atoms with E-state index < -0.39 is 0 Å². The minimum absolute atomic E-state index is 0.0582. The summed E-state index contributed by atoms with van der Waals surface area (Å²) in [5, 5.41) is 8.49. The average Bonchev–Trinajstić information content (AvgIpc) is 2.94. The molecule has 4 rings (SSSR count). The van der Waals surface area contributed by atoms with Crippen molar-refractivity contribution >= 4 is 27.5 Å². The normalized spacial score (nSPS) is 28.5. The molecule has 3 atom stereocenters. The van der Waals surface area contributed by atoms with E-state index in [9.17, 15) is 4.79 Å². The Morgan fingerprint density at radius 1 is 1.36 bits per heavy atom. The molecule has 1 aromatic carbocycles. The smallest absolute Gasteiger partial charge is 0.254 e. The van der Waals surface area contributed by atoms with Crippen molar-refractivity contribution in [3.63, 3.8) is 0 Å². The number of amides is 1. The number of carbonyl (C=O) groups excluding carboxylic acids is 1. The average molecular weight is 452 g/mol. The molecule has 0 radical (unpaired) electrons. The van der Waals surface area contributed by atoms with Gasteiger partial charge in [0.25, 0.3) is 5.91 Å². The standard InChI is InChI=1S/C19H26BrN5O3/c1-12-9-13(20)3-4-16(12)25-10-15-17(23-25)21-19(22-18(15)26)24-6-5-14(11-27-2)28-8-7-24/h3-4,9-10,14,17,19,21,23H,5-8,11H2,1-2H3,(H,22,26)/t14-,17?,19?/m1/s1. The highest BCUT2D eigenvalue weighted by Gasteiger charge is 2.39. The SMILES string of the molecule is COC[C@H]1CCN(C2NC(=O)C3=CN(c4ccc(Br)cc4C)NC3N2)CCO1. The topological polar surface area (TPSA) is 78.1 Å². The van der Waals surface area contributed by atoms with Gasteiger partial charge in [-0.2, -0.15) is 0 Å². The van der Waals surface area contributed by atoms with E-state index in [4.69, 9.17) is 9.47 Å². The quantitative estimate of drug-likeness (QED) is 0.630. The Morgan fingerprint density at radius 3 is 3.00 bits per heavy atom. The zero-order chi connectivity index (χ0) is 19.7. The van der Waals surface area contributed by atoms with Gasteiger partial charge in [0.15, 0.2) is 0 Å². The highest BCUT2D eigenvalue weighted by Crippen LogP contribution is 2.27. The molecule has 28 heavy (non-hydrogen) atoms. The van der Waals surface area contributed by atoms with Crippen LogP contribution in [0.1, 0.15) is 12.0 Å². The maximum absolute atomic E-state index is 12.7. The fraction of sp³-hybridized carbons (Fsp3) is 0.526. The van der Waals surface area contributed by atoms with Gasteiger partial charge in [0.1, 0.15) is 12.5 Å². The number of hydrogen-bond donors (Lipinski definition) is 3. The second kappa shape index (κ2) is 8.48. The number of aryl methyl sites for hydroxylation is 1. The van der Waals surface area contributed by atoms with Crippen LogP contribution in [-0.4, -0.2) is 62.8 Å². The van der Waals surface area contributed by atoms with E-state index in [0.29, 0.717) is 18.8 Å². The lowest BCUT2D eigenvalue weighted by atomic mass is 10.1. The lowest BCUT2D eigenvalue weighted by Crippen LogP contribution is -2.67. The number of fused-ring (bicyclic) bond motifs is 1. The number of carbonyl (C=O) groups is 1. The minimum Gasteiger partial charge on any atom is -0.382 e. The molecule has 0 saturated carbocycles. The molecule has 2 unspecified atom stereocenters. The molecule has 9 heteroatoms. The van der Waals surface area contributed by atoms with E-state index in [2.05, 4.69) is 43.0 Å². The number of hydrogen-bond acceptors (Lipinski definition) is 7. The van der Waals surface area contributed by atoms with Crippen LogP contribution in [0.25, 0.3) is 0 Å². The molecule has 152 valence electrons. The van der Waals surface area contributed by atoms with Crippen molar-refractivity contribution < 1.29 is 14.3 Å². The van der Waals surface area contributed by atoms with E-state index in [1.54, 1.807) is 7.11 Å². The van der Waals surface area contributed by atoms with Crippen molar-refractivity contribution in [3.8, 4) is 0 Å². The summed E-state index contributed by atoms with van der Waals surface area (Å²) in [4.78, 5) is 14.9. The van der Waals surface area contributed by atoms with Crippen molar-refractivity contribution in [1.82, 2.24) is 21.0 Å². The molecule has 0 bridgehead atoms. The molecule has 2 fully saturated rings. The number of ether oxygens (including phenoxy) is 2. The van der Waals surface area contributed by atoms with Crippen LogP contribution < -0.4 is 21.1 Å². The third-order valence-electron chi connectivity index (χ3n) is 5.31. The summed E-state index contributed by atoms with van der Waals surface area (Å²) in [6.07, 6.45) is 2.36. The lowest BCUT2D eigenvalue weighted by molar-refractivity contribution is -0.122. The fourth-order valence-corrected chi connectivity index (χ4v) is 4.30. The summed E-state index contributed by atoms with van der Waals surface area (Å²) in [5.74, 6) is -0.0582. The Kier molecular flexibility index (Phi) is 6.00. The monoisotopic (exact) mass is 451 g/mol. The maximum atomic E-state index is 12.7. The Bertz CT molecular complexity index is 774. The molecule has 1 amide bonds. The molecule has 3 N–H and O–H groups in total. The van der Waals surface area contributed by atoms with Crippen LogP contribution in [0.15, 0.2) is 34.4 Å². The van der Waals surface area contributed by atoms with Crippen molar-refractivity contribution in [2.24, 2.45) is 0 Å². The molecule has 8 nitrogen and oxygen atoms in total. The predicted octanol–water partition coefficient (Wildman–Crippen LogP) is 1.03. The summed E-state index contributed by atoms with van der Waals surface area (Å²) < 4.78 is 12.1. The van der Waals surface area contributed by atoms with Crippen LogP contribution in [0.3, 0.4) is 0 Å². The molecular formula is C19H26BrN5O3. The van der Waals surface area contributed by atoms with Crippen molar-refractivity contribution in [1.29, 1.82) is 0 Å². The van der Waals surface area contributed by atoms with E-state index in [0.717, 1.165) is 35.2 Å². The molecule has 0 spiro atoms. The fourth-order valence-electron chi connectivity index (χ4n) is 3.83. The van der Waals surface area contributed by atoms with Gasteiger partial charge in [0.2, 0.25) is 0 Å². The molecule has 0 aliphatic carbocycles. The van der Waals surface area contributed by atoms with Crippen LogP contribution in [-0.2, 0) is 14.3 Å². The van der Waals surface area contributed by atoms with Crippen molar-refractivity contribution in [3.05, 3.63) is 40.0 Å². The molecule has 3 aliphatic rings. The summed E-state index contributed by atoms with van der Waals surface area (Å²) in [7, 11) is 1.69. The van der Waals surface area contributed by atoms with Crippen LogP contribution in [0.5, 0.6) is 0 Å². The van der Waals surface area contributed by atoms with Gasteiger partial charge < -0.3 is 14.8 Å². The van der Waals surface area contributed by atoms with E-state index in [1.165, 1.54) is 0 Å². The van der Waals surface area contributed by atoms with Gasteiger partial charge >= 0.3 is 0 Å². The largest absolute Gasteiger partial charge is 0.382 e. The first kappa shape index (κ1) is 19.8. The number of nitrogens with one attached hydrogen (secondary N) is 3. The van der Waals surface area contributed by atoms with Crippen LogP contribution >= 0.6 is 15.9 Å². The first-order chi connectivity index (χ1) is 13.5. The number of rotatable bonds is 4. The molecule has 3 aliphatic heterocycles. The van der Waals surface area contributed by atoms with Crippen molar-refractivity contribution in [2.75, 3.05) is 38.4 Å². The van der Waals surface area contributed by atoms with Gasteiger partial charge in [0.05, 0.1) is 30.6 Å². The second-order valence-electron chi connectivity index (χ2n) is 7.26. The predicted molar refractivity (Wildman–Crippen MR) is 109 cm³/mol. The maximum Gasteiger partial charge on any atom is 0.254 e. The Balaban J connectivity index is 1.44. The van der Waals surface area contributed by atoms with Gasteiger partial charge in [0, 0.05) is 30.9 Å². The van der Waals surface area contributed by atoms with Gasteiger partial charge in [-0.25, -0.2) is 5.43 Å². The summed E-state index contributed by atoms with van der Waals surface area (Å²) in [6.45, 7) is 4.84. The lowest BCUT2D eigenvalue weighted by Gasteiger charge is -2.37. The molecule has 1 aromatic rings. The van der Waals surface area contributed by atoms with Crippen LogP contribution in [0, 0.1) is 6.92 Å². The van der Waals surface area contributed by atoms with Crippen LogP contribution in [0.4, 0.5) is 5.69 Å². The first-order valence-corrected chi connectivity index (χ1v) is 10.3. The highest BCUT2D eigenvalue weighted by molar-refractivity contribution is 9.10. The number of benzene rings is 1. The minimum atomic E-state index is -0.238. The molecule has 3 heterocycles. The molecule has 2 saturated heterocycles. The zero-order valence-corrected chi connectivity index (χ0v) is 17.7.